The standard InChI is InChI=1S/C10H14BrNO3S/c1-16(14,15)6-5-12-7-8-3-2-4-9(11)10(8)13/h2-4,12-13H,5-7H2,1H3. The third-order valence-electron chi connectivity index (χ3n) is 2.04. The van der Waals surface area contributed by atoms with Crippen molar-refractivity contribution in [3.63, 3.8) is 0 Å². The Morgan fingerprint density at radius 2 is 2.12 bits per heavy atom. The molecule has 4 nitrogen and oxygen atoms in total. The molecule has 0 amide bonds. The molecule has 6 heteroatoms. The van der Waals surface area contributed by atoms with E-state index in [2.05, 4.69) is 21.2 Å². The molecule has 0 aromatic heterocycles. The maximum atomic E-state index is 10.9. The van der Waals surface area contributed by atoms with Gasteiger partial charge in [0.1, 0.15) is 15.6 Å². The third-order valence-corrected chi connectivity index (χ3v) is 3.62. The van der Waals surface area contributed by atoms with E-state index in [0.717, 1.165) is 5.56 Å². The van der Waals surface area contributed by atoms with Gasteiger partial charge in [0.25, 0.3) is 0 Å². The molecule has 0 aliphatic carbocycles. The average molecular weight is 308 g/mol. The minimum Gasteiger partial charge on any atom is -0.506 e. The molecule has 0 bridgehead atoms. The van der Waals surface area contributed by atoms with Crippen molar-refractivity contribution in [1.29, 1.82) is 0 Å². The average Bonchev–Trinajstić information content (AvgIpc) is 2.17. The Morgan fingerprint density at radius 3 is 2.75 bits per heavy atom. The summed E-state index contributed by atoms with van der Waals surface area (Å²) in [6.45, 7) is 0.825. The molecule has 2 N–H and O–H groups in total. The number of phenols is 1. The molecule has 1 aromatic rings. The van der Waals surface area contributed by atoms with Crippen LogP contribution in [0.1, 0.15) is 5.56 Å². The predicted molar refractivity (Wildman–Crippen MR) is 67.2 cm³/mol. The molecule has 1 aromatic carbocycles. The highest BCUT2D eigenvalue weighted by atomic mass is 79.9. The lowest BCUT2D eigenvalue weighted by Gasteiger charge is -2.07. The molecule has 90 valence electrons. The van der Waals surface area contributed by atoms with Crippen molar-refractivity contribution in [2.24, 2.45) is 0 Å². The van der Waals surface area contributed by atoms with E-state index in [1.54, 1.807) is 12.1 Å². The largest absolute Gasteiger partial charge is 0.506 e. The molecule has 0 saturated carbocycles. The summed E-state index contributed by atoms with van der Waals surface area (Å²) in [6, 6.07) is 5.35. The second kappa shape index (κ2) is 5.65. The number of halogens is 1. The van der Waals surface area contributed by atoms with Gasteiger partial charge in [-0.05, 0) is 22.0 Å². The van der Waals surface area contributed by atoms with Gasteiger partial charge in [0, 0.05) is 24.9 Å². The van der Waals surface area contributed by atoms with Crippen LogP contribution < -0.4 is 5.32 Å². The smallest absolute Gasteiger partial charge is 0.148 e. The molecule has 0 aliphatic rings. The molecular weight excluding hydrogens is 294 g/mol. The second-order valence-corrected chi connectivity index (χ2v) is 6.67. The third kappa shape index (κ3) is 4.51. The SMILES string of the molecule is CS(=O)(=O)CCNCc1cccc(Br)c1O. The molecule has 16 heavy (non-hydrogen) atoms. The van der Waals surface area contributed by atoms with Gasteiger partial charge in [-0.1, -0.05) is 12.1 Å². The van der Waals surface area contributed by atoms with E-state index in [4.69, 9.17) is 0 Å². The number of aromatic hydroxyl groups is 1. The Kier molecular flexibility index (Phi) is 4.76. The van der Waals surface area contributed by atoms with Gasteiger partial charge in [0.15, 0.2) is 0 Å². The number of phenolic OH excluding ortho intramolecular Hbond substituents is 1. The number of para-hydroxylation sites is 1. The number of rotatable bonds is 5. The van der Waals surface area contributed by atoms with Crippen LogP contribution in [-0.4, -0.2) is 32.1 Å². The molecule has 0 radical (unpaired) electrons. The molecule has 1 rings (SSSR count). The van der Waals surface area contributed by atoms with Crippen molar-refractivity contribution < 1.29 is 13.5 Å². The van der Waals surface area contributed by atoms with Gasteiger partial charge in [0.2, 0.25) is 0 Å². The summed E-state index contributed by atoms with van der Waals surface area (Å²) in [7, 11) is -2.93. The van der Waals surface area contributed by atoms with Crippen molar-refractivity contribution in [3.05, 3.63) is 28.2 Å². The molecule has 0 saturated heterocycles. The van der Waals surface area contributed by atoms with E-state index in [1.807, 2.05) is 6.07 Å². The van der Waals surface area contributed by atoms with Crippen LogP contribution >= 0.6 is 15.9 Å². The first-order chi connectivity index (χ1) is 7.40. The molecule has 0 aliphatic heterocycles. The topological polar surface area (TPSA) is 66.4 Å². The summed E-state index contributed by atoms with van der Waals surface area (Å²) in [4.78, 5) is 0. The maximum absolute atomic E-state index is 10.9. The zero-order chi connectivity index (χ0) is 12.2. The van der Waals surface area contributed by atoms with Crippen LogP contribution in [0, 0.1) is 0 Å². The highest BCUT2D eigenvalue weighted by Crippen LogP contribution is 2.26. The second-order valence-electron chi connectivity index (χ2n) is 3.55. The minimum absolute atomic E-state index is 0.0990. The van der Waals surface area contributed by atoms with Crippen molar-refractivity contribution in [1.82, 2.24) is 5.32 Å². The zero-order valence-electron chi connectivity index (χ0n) is 8.90. The number of benzene rings is 1. The van der Waals surface area contributed by atoms with Gasteiger partial charge in [-0.2, -0.15) is 0 Å². The van der Waals surface area contributed by atoms with Crippen molar-refractivity contribution in [3.8, 4) is 5.75 Å². The van der Waals surface area contributed by atoms with Gasteiger partial charge in [-0.15, -0.1) is 0 Å². The Balaban J connectivity index is 2.47. The monoisotopic (exact) mass is 307 g/mol. The molecule has 0 heterocycles. The van der Waals surface area contributed by atoms with Crippen LogP contribution in [0.25, 0.3) is 0 Å². The van der Waals surface area contributed by atoms with Gasteiger partial charge < -0.3 is 10.4 Å². The van der Waals surface area contributed by atoms with E-state index in [9.17, 15) is 13.5 Å². The van der Waals surface area contributed by atoms with Crippen LogP contribution in [0.4, 0.5) is 0 Å². The van der Waals surface area contributed by atoms with E-state index < -0.39 is 9.84 Å². The van der Waals surface area contributed by atoms with Crippen molar-refractivity contribution in [2.75, 3.05) is 18.6 Å². The number of hydrogen-bond acceptors (Lipinski definition) is 4. The van der Waals surface area contributed by atoms with Gasteiger partial charge in [-0.25, -0.2) is 8.42 Å². The number of sulfone groups is 1. The first kappa shape index (κ1) is 13.5. The number of hydrogen-bond donors (Lipinski definition) is 2. The van der Waals surface area contributed by atoms with Gasteiger partial charge in [0.05, 0.1) is 10.2 Å². The zero-order valence-corrected chi connectivity index (χ0v) is 11.3. The fraction of sp³-hybridized carbons (Fsp3) is 0.400. The van der Waals surface area contributed by atoms with Crippen LogP contribution in [-0.2, 0) is 16.4 Å². The summed E-state index contributed by atoms with van der Waals surface area (Å²) in [5, 5.41) is 12.6. The quantitative estimate of drug-likeness (QED) is 0.805. The van der Waals surface area contributed by atoms with E-state index in [-0.39, 0.29) is 11.5 Å². The van der Waals surface area contributed by atoms with Crippen LogP contribution in [0.2, 0.25) is 0 Å². The molecule has 0 spiro atoms. The summed E-state index contributed by atoms with van der Waals surface area (Å²) in [6.07, 6.45) is 1.20. The minimum atomic E-state index is -2.93. The highest BCUT2D eigenvalue weighted by Gasteiger charge is 2.05. The van der Waals surface area contributed by atoms with Crippen LogP contribution in [0.3, 0.4) is 0 Å². The van der Waals surface area contributed by atoms with Gasteiger partial charge >= 0.3 is 0 Å². The summed E-state index contributed by atoms with van der Waals surface area (Å²) in [5.74, 6) is 0.288. The first-order valence-corrected chi connectivity index (χ1v) is 7.60. The van der Waals surface area contributed by atoms with Crippen molar-refractivity contribution in [2.45, 2.75) is 6.54 Å². The van der Waals surface area contributed by atoms with E-state index in [0.29, 0.717) is 17.6 Å². The highest BCUT2D eigenvalue weighted by molar-refractivity contribution is 9.10. The summed E-state index contributed by atoms with van der Waals surface area (Å²) >= 11 is 3.21. The fourth-order valence-electron chi connectivity index (χ4n) is 1.18. The fourth-order valence-corrected chi connectivity index (χ4v) is 2.11. The Hall–Kier alpha value is -0.590. The Bertz CT molecular complexity index is 459. The van der Waals surface area contributed by atoms with E-state index in [1.165, 1.54) is 6.26 Å². The summed E-state index contributed by atoms with van der Waals surface area (Å²) < 4.78 is 22.4. The predicted octanol–water partition coefficient (Wildman–Crippen LogP) is 1.29. The Morgan fingerprint density at radius 1 is 1.44 bits per heavy atom. The van der Waals surface area contributed by atoms with Crippen LogP contribution in [0.15, 0.2) is 22.7 Å². The first-order valence-electron chi connectivity index (χ1n) is 4.75. The van der Waals surface area contributed by atoms with E-state index >= 15 is 0 Å². The van der Waals surface area contributed by atoms with Crippen LogP contribution in [0.5, 0.6) is 5.75 Å². The lowest BCUT2D eigenvalue weighted by molar-refractivity contribution is 0.461. The molecule has 0 atom stereocenters. The lowest BCUT2D eigenvalue weighted by atomic mass is 10.2. The van der Waals surface area contributed by atoms with Gasteiger partial charge in [-0.3, -0.25) is 0 Å². The molecule has 0 fully saturated rings. The normalized spacial score (nSPS) is 11.6. The maximum Gasteiger partial charge on any atom is 0.148 e. The molecular formula is C10H14BrNO3S. The molecule has 0 unspecified atom stereocenters. The lowest BCUT2D eigenvalue weighted by Crippen LogP contribution is -2.21. The Labute approximate surface area is 104 Å². The summed E-state index contributed by atoms with van der Waals surface area (Å²) in [5.41, 5.74) is 0.739. The van der Waals surface area contributed by atoms with Crippen molar-refractivity contribution >= 4 is 25.8 Å². The number of nitrogens with one attached hydrogen (secondary N) is 1.